The van der Waals surface area contributed by atoms with Gasteiger partial charge >= 0.3 is 6.03 Å². The molecule has 3 aliphatic heterocycles. The van der Waals surface area contributed by atoms with Gasteiger partial charge in [-0.15, -0.1) is 0 Å². The van der Waals surface area contributed by atoms with E-state index in [4.69, 9.17) is 0 Å². The molecular formula is C38H48N8O4. The molecule has 2 atom stereocenters. The quantitative estimate of drug-likeness (QED) is 0.235. The van der Waals surface area contributed by atoms with Crippen molar-refractivity contribution in [2.75, 3.05) is 46.3 Å². The Labute approximate surface area is 292 Å². The van der Waals surface area contributed by atoms with Crippen molar-refractivity contribution >= 4 is 39.7 Å². The third-order valence-corrected chi connectivity index (χ3v) is 11.5. The lowest BCUT2D eigenvalue weighted by Crippen LogP contribution is -2.54. The van der Waals surface area contributed by atoms with E-state index in [0.717, 1.165) is 57.8 Å². The molecule has 0 radical (unpaired) electrons. The highest BCUT2D eigenvalue weighted by molar-refractivity contribution is 5.88. The highest BCUT2D eigenvalue weighted by Crippen LogP contribution is 2.41. The zero-order valence-electron chi connectivity index (χ0n) is 29.3. The lowest BCUT2D eigenvalue weighted by Gasteiger charge is -2.40. The number of carbonyl (C=O) groups is 3. The van der Waals surface area contributed by atoms with E-state index in [1.807, 2.05) is 60.0 Å². The molecule has 0 bridgehead atoms. The van der Waals surface area contributed by atoms with Crippen LogP contribution in [-0.4, -0.2) is 106 Å². The average molecular weight is 681 g/mol. The molecule has 4 aromatic rings. The number of hydrogen-bond acceptors (Lipinski definition) is 6. The highest BCUT2D eigenvalue weighted by Gasteiger charge is 2.44. The second kappa shape index (κ2) is 13.9. The van der Waals surface area contributed by atoms with Crippen LogP contribution < -0.4 is 16.2 Å². The summed E-state index contributed by atoms with van der Waals surface area (Å²) in [6.07, 6.45) is 6.11. The third-order valence-electron chi connectivity index (χ3n) is 11.5. The van der Waals surface area contributed by atoms with Crippen molar-refractivity contribution in [3.8, 4) is 0 Å². The maximum Gasteiger partial charge on any atom is 0.318 e. The van der Waals surface area contributed by atoms with Gasteiger partial charge in [-0.2, -0.15) is 5.10 Å². The monoisotopic (exact) mass is 680 g/mol. The molecule has 264 valence electrons. The number of para-hydroxylation sites is 1. The summed E-state index contributed by atoms with van der Waals surface area (Å²) in [5.41, 5.74) is 4.45. The van der Waals surface area contributed by atoms with Crippen LogP contribution in [0.3, 0.4) is 0 Å². The number of rotatable bonds is 7. The molecule has 0 unspecified atom stereocenters. The second-order valence-corrected chi connectivity index (χ2v) is 14.7. The number of amides is 4. The van der Waals surface area contributed by atoms with Crippen LogP contribution in [-0.2, 0) is 16.0 Å². The van der Waals surface area contributed by atoms with Crippen LogP contribution in [0, 0.1) is 12.3 Å². The molecule has 4 amide bonds. The van der Waals surface area contributed by atoms with Crippen LogP contribution in [0.4, 0.5) is 4.79 Å². The minimum Gasteiger partial charge on any atom is -0.341 e. The molecule has 12 nitrogen and oxygen atoms in total. The fourth-order valence-electron chi connectivity index (χ4n) is 8.32. The van der Waals surface area contributed by atoms with Gasteiger partial charge in [0.2, 0.25) is 11.8 Å². The van der Waals surface area contributed by atoms with Crippen molar-refractivity contribution in [2.45, 2.75) is 70.4 Å². The Morgan fingerprint density at radius 3 is 2.40 bits per heavy atom. The Kier molecular flexibility index (Phi) is 9.38. The van der Waals surface area contributed by atoms with Gasteiger partial charge in [-0.25, -0.2) is 4.79 Å². The normalized spacial score (nSPS) is 19.3. The molecule has 7 rings (SSSR count). The number of benzene rings is 2. The lowest BCUT2D eigenvalue weighted by atomic mass is 9.77. The molecule has 0 aliphatic carbocycles. The summed E-state index contributed by atoms with van der Waals surface area (Å²) < 4.78 is 0. The number of nitrogens with one attached hydrogen (secondary N) is 4. The van der Waals surface area contributed by atoms with E-state index in [0.29, 0.717) is 58.5 Å². The Balaban J connectivity index is 1.04. The number of likely N-dealkylation sites (tertiary alicyclic amines) is 3. The number of pyridine rings is 1. The molecule has 50 heavy (non-hydrogen) atoms. The van der Waals surface area contributed by atoms with Crippen molar-refractivity contribution in [2.24, 2.45) is 5.41 Å². The summed E-state index contributed by atoms with van der Waals surface area (Å²) >= 11 is 0. The maximum absolute atomic E-state index is 14.3. The third kappa shape index (κ3) is 6.73. The van der Waals surface area contributed by atoms with Gasteiger partial charge < -0.3 is 30.3 Å². The number of aryl methyl sites for hydroxylation is 1. The molecule has 2 aromatic carbocycles. The van der Waals surface area contributed by atoms with Crippen molar-refractivity contribution in [3.05, 3.63) is 75.7 Å². The largest absolute Gasteiger partial charge is 0.341 e. The van der Waals surface area contributed by atoms with Crippen LogP contribution in [0.15, 0.2) is 53.5 Å². The summed E-state index contributed by atoms with van der Waals surface area (Å²) in [7, 11) is 1.80. The molecule has 5 heterocycles. The standard InChI is InChI=1S/C38H48N8O4/c1-24-18-26(19-29-22-40-43-33(24)29)20-32(36(49)46-17-12-38(23-46)10-15-44(16-11-38)35(48)25(2)39-3)42-37(50)45-13-8-27(9-14-45)30-21-28-6-4-5-7-31(28)41-34(30)47/h4-7,18-19,21-22,25,27,32,39H,8-17,20,23H2,1-3H3,(H,40,43)(H,41,47)(H,42,50)/t25-,32-/m0/s1. The van der Waals surface area contributed by atoms with Crippen LogP contribution >= 0.6 is 0 Å². The zero-order chi connectivity index (χ0) is 35.0. The van der Waals surface area contributed by atoms with Crippen LogP contribution in [0.5, 0.6) is 0 Å². The van der Waals surface area contributed by atoms with Crippen molar-refractivity contribution in [3.63, 3.8) is 0 Å². The summed E-state index contributed by atoms with van der Waals surface area (Å²) in [6, 6.07) is 12.6. The van der Waals surface area contributed by atoms with Crippen molar-refractivity contribution < 1.29 is 14.4 Å². The maximum atomic E-state index is 14.3. The van der Waals surface area contributed by atoms with Gasteiger partial charge in [0.1, 0.15) is 6.04 Å². The van der Waals surface area contributed by atoms with Gasteiger partial charge in [0.05, 0.1) is 17.8 Å². The van der Waals surface area contributed by atoms with E-state index in [9.17, 15) is 19.2 Å². The molecule has 1 spiro atoms. The average Bonchev–Trinajstić information content (AvgIpc) is 3.78. The van der Waals surface area contributed by atoms with E-state index in [1.54, 1.807) is 18.1 Å². The first-order valence-electron chi connectivity index (χ1n) is 18.0. The van der Waals surface area contributed by atoms with Gasteiger partial charge in [-0.05, 0) is 99.0 Å². The van der Waals surface area contributed by atoms with Gasteiger partial charge in [0, 0.05) is 62.2 Å². The van der Waals surface area contributed by atoms with Gasteiger partial charge in [0.25, 0.3) is 5.56 Å². The molecule has 12 heteroatoms. The topological polar surface area (TPSA) is 147 Å². The van der Waals surface area contributed by atoms with Crippen molar-refractivity contribution in [1.29, 1.82) is 0 Å². The van der Waals surface area contributed by atoms with Gasteiger partial charge in [-0.3, -0.25) is 19.5 Å². The molecule has 3 saturated heterocycles. The fourth-order valence-corrected chi connectivity index (χ4v) is 8.32. The smallest absolute Gasteiger partial charge is 0.318 e. The zero-order valence-corrected chi connectivity index (χ0v) is 29.3. The SMILES string of the molecule is CN[C@@H](C)C(=O)N1CCC2(CC1)CCN(C(=O)[C@H](Cc1cc(C)c3[nH]ncc3c1)NC(=O)N1CCC(c3cc4ccccc4[nH]c3=O)CC1)C2. The molecule has 3 fully saturated rings. The number of nitrogens with zero attached hydrogens (tertiary/aromatic N) is 4. The molecular weight excluding hydrogens is 632 g/mol. The summed E-state index contributed by atoms with van der Waals surface area (Å²) in [4.78, 5) is 62.5. The Hall–Kier alpha value is -4.71. The van der Waals surface area contributed by atoms with Crippen LogP contribution in [0.1, 0.15) is 61.6 Å². The van der Waals surface area contributed by atoms with E-state index >= 15 is 0 Å². The Bertz CT molecular complexity index is 1950. The number of aromatic amines is 2. The predicted octanol–water partition coefficient (Wildman–Crippen LogP) is 3.66. The number of H-pyrrole nitrogens is 2. The Morgan fingerprint density at radius 1 is 0.940 bits per heavy atom. The van der Waals surface area contributed by atoms with E-state index in [1.165, 1.54) is 0 Å². The fraction of sp³-hybridized carbons (Fsp3) is 0.500. The number of likely N-dealkylation sites (N-methyl/N-ethyl adjacent to an activating group) is 1. The lowest BCUT2D eigenvalue weighted by molar-refractivity contribution is -0.136. The molecule has 2 aromatic heterocycles. The number of carbonyl (C=O) groups excluding carboxylic acids is 3. The second-order valence-electron chi connectivity index (χ2n) is 14.7. The van der Waals surface area contributed by atoms with Gasteiger partial charge in [-0.1, -0.05) is 24.3 Å². The minimum atomic E-state index is -0.736. The summed E-state index contributed by atoms with van der Waals surface area (Å²) in [6.45, 7) is 7.55. The number of piperidine rings is 2. The van der Waals surface area contributed by atoms with Crippen LogP contribution in [0.2, 0.25) is 0 Å². The van der Waals surface area contributed by atoms with Gasteiger partial charge in [0.15, 0.2) is 0 Å². The summed E-state index contributed by atoms with van der Waals surface area (Å²) in [5.74, 6) is 0.104. The molecule has 3 aliphatic rings. The van der Waals surface area contributed by atoms with Crippen LogP contribution in [0.25, 0.3) is 21.8 Å². The summed E-state index contributed by atoms with van der Waals surface area (Å²) in [5, 5.41) is 15.4. The Morgan fingerprint density at radius 2 is 1.66 bits per heavy atom. The first kappa shape index (κ1) is 33.8. The van der Waals surface area contributed by atoms with Crippen molar-refractivity contribution in [1.82, 2.24) is 40.5 Å². The molecule has 0 saturated carbocycles. The first-order chi connectivity index (χ1) is 24.1. The predicted molar refractivity (Wildman–Crippen MR) is 193 cm³/mol. The first-order valence-corrected chi connectivity index (χ1v) is 18.0. The number of aromatic nitrogens is 3. The van der Waals surface area contributed by atoms with E-state index in [-0.39, 0.29) is 40.8 Å². The van der Waals surface area contributed by atoms with E-state index in [2.05, 4.69) is 31.9 Å². The van der Waals surface area contributed by atoms with E-state index < -0.39 is 6.04 Å². The minimum absolute atomic E-state index is 0.0152. The highest BCUT2D eigenvalue weighted by atomic mass is 16.2. The number of fused-ring (bicyclic) bond motifs is 2. The number of hydrogen-bond donors (Lipinski definition) is 4. The molecule has 4 N–H and O–H groups in total. The number of urea groups is 1.